The molecule has 0 amide bonds. The van der Waals surface area contributed by atoms with Crippen LogP contribution in [0.1, 0.15) is 0 Å². The molecule has 0 bridgehead atoms. The van der Waals surface area contributed by atoms with Crippen molar-refractivity contribution in [3.05, 3.63) is 97.1 Å². The van der Waals surface area contributed by atoms with Crippen LogP contribution in [0.15, 0.2) is 97.1 Å². The van der Waals surface area contributed by atoms with E-state index in [0.29, 0.717) is 0 Å². The Bertz CT molecular complexity index is 1770. The van der Waals surface area contributed by atoms with Crippen molar-refractivity contribution in [3.63, 3.8) is 0 Å². The van der Waals surface area contributed by atoms with E-state index in [2.05, 4.69) is 102 Å². The Kier molecular flexibility index (Phi) is 3.65. The number of benzene rings is 5. The molecule has 0 aliphatic carbocycles. The molecule has 0 saturated carbocycles. The zero-order valence-corrected chi connectivity index (χ0v) is 18.2. The lowest BCUT2D eigenvalue weighted by atomic mass is 10.1. The second kappa shape index (κ2) is 6.55. The predicted molar refractivity (Wildman–Crippen MR) is 139 cm³/mol. The fourth-order valence-electron chi connectivity index (χ4n) is 4.51. The third-order valence-electron chi connectivity index (χ3n) is 6.00. The molecule has 0 fully saturated rings. The molecular formula is C28H17NS2. The highest BCUT2D eigenvalue weighted by molar-refractivity contribution is 7.26. The number of fused-ring (bicyclic) bond motifs is 7. The van der Waals surface area contributed by atoms with Gasteiger partial charge in [-0.15, -0.1) is 22.7 Å². The molecule has 3 heteroatoms. The molecular weight excluding hydrogens is 414 g/mol. The smallest absolute Gasteiger partial charge is 0.0398 e. The van der Waals surface area contributed by atoms with Gasteiger partial charge in [0, 0.05) is 51.7 Å². The zero-order chi connectivity index (χ0) is 20.4. The van der Waals surface area contributed by atoms with Gasteiger partial charge in [-0.1, -0.05) is 48.5 Å². The summed E-state index contributed by atoms with van der Waals surface area (Å²) in [5.74, 6) is 0. The number of nitrogens with one attached hydrogen (secondary N) is 1. The minimum absolute atomic E-state index is 1.13. The number of thiophene rings is 2. The van der Waals surface area contributed by atoms with Crippen LogP contribution in [0.5, 0.6) is 0 Å². The first-order chi connectivity index (χ1) is 15.3. The maximum absolute atomic E-state index is 3.64. The van der Waals surface area contributed by atoms with Gasteiger partial charge in [0.15, 0.2) is 0 Å². The van der Waals surface area contributed by atoms with E-state index in [9.17, 15) is 0 Å². The van der Waals surface area contributed by atoms with Gasteiger partial charge in [0.1, 0.15) is 0 Å². The van der Waals surface area contributed by atoms with Gasteiger partial charge in [-0.05, 0) is 59.3 Å². The van der Waals surface area contributed by atoms with Crippen molar-refractivity contribution in [1.29, 1.82) is 0 Å². The molecule has 1 nitrogen and oxygen atoms in total. The van der Waals surface area contributed by atoms with E-state index < -0.39 is 0 Å². The summed E-state index contributed by atoms with van der Waals surface area (Å²) in [7, 11) is 0. The number of anilines is 2. The zero-order valence-electron chi connectivity index (χ0n) is 16.6. The topological polar surface area (TPSA) is 12.0 Å². The average molecular weight is 432 g/mol. The van der Waals surface area contributed by atoms with E-state index in [-0.39, 0.29) is 0 Å². The number of rotatable bonds is 2. The van der Waals surface area contributed by atoms with Crippen LogP contribution in [-0.2, 0) is 0 Å². The Hall–Kier alpha value is -3.40. The predicted octanol–water partition coefficient (Wildman–Crippen LogP) is 9.32. The monoisotopic (exact) mass is 431 g/mol. The SMILES string of the molecule is c1ccc2cc3c(cc2c1)sc1ccc(Nc2ccc4c(c2)sc2ccccc24)cc13. The van der Waals surface area contributed by atoms with Crippen molar-refractivity contribution in [2.75, 3.05) is 5.32 Å². The summed E-state index contributed by atoms with van der Waals surface area (Å²) in [5, 5.41) is 11.6. The van der Waals surface area contributed by atoms with Gasteiger partial charge < -0.3 is 5.32 Å². The Morgan fingerprint density at radius 1 is 0.419 bits per heavy atom. The Morgan fingerprint density at radius 2 is 1.03 bits per heavy atom. The third-order valence-corrected chi connectivity index (χ3v) is 8.27. The summed E-state index contributed by atoms with van der Waals surface area (Å²) in [4.78, 5) is 0. The van der Waals surface area contributed by atoms with Gasteiger partial charge in [-0.3, -0.25) is 0 Å². The first kappa shape index (κ1) is 17.3. The number of hydrogen-bond acceptors (Lipinski definition) is 3. The minimum Gasteiger partial charge on any atom is -0.355 e. The molecule has 0 saturated heterocycles. The lowest BCUT2D eigenvalue weighted by Gasteiger charge is -2.07. The molecule has 146 valence electrons. The van der Waals surface area contributed by atoms with Crippen molar-refractivity contribution < 1.29 is 0 Å². The van der Waals surface area contributed by atoms with Crippen molar-refractivity contribution in [3.8, 4) is 0 Å². The van der Waals surface area contributed by atoms with Gasteiger partial charge in [-0.25, -0.2) is 0 Å². The number of hydrogen-bond donors (Lipinski definition) is 1. The summed E-state index contributed by atoms with van der Waals surface area (Å²) in [6.45, 7) is 0. The summed E-state index contributed by atoms with van der Waals surface area (Å²) in [6, 6.07) is 35.3. The van der Waals surface area contributed by atoms with Crippen molar-refractivity contribution in [1.82, 2.24) is 0 Å². The molecule has 0 aliphatic heterocycles. The van der Waals surface area contributed by atoms with Crippen LogP contribution < -0.4 is 5.32 Å². The van der Waals surface area contributed by atoms with Crippen LogP contribution >= 0.6 is 22.7 Å². The van der Waals surface area contributed by atoms with Crippen LogP contribution in [-0.4, -0.2) is 0 Å². The lowest BCUT2D eigenvalue weighted by molar-refractivity contribution is 1.61. The molecule has 0 unspecified atom stereocenters. The lowest BCUT2D eigenvalue weighted by Crippen LogP contribution is -1.89. The highest BCUT2D eigenvalue weighted by atomic mass is 32.1. The molecule has 7 aromatic rings. The standard InChI is InChI=1S/C28H17NS2/c1-2-6-18-14-27-23(13-17(18)5-1)24-15-19(10-12-26(24)31-27)29-20-9-11-22-21-7-3-4-8-25(21)30-28(22)16-20/h1-16,29H. The van der Waals surface area contributed by atoms with E-state index in [0.717, 1.165) is 11.4 Å². The fraction of sp³-hybridized carbons (Fsp3) is 0. The maximum Gasteiger partial charge on any atom is 0.0398 e. The van der Waals surface area contributed by atoms with Crippen LogP contribution in [0.4, 0.5) is 11.4 Å². The molecule has 5 aromatic carbocycles. The molecule has 0 aliphatic rings. The van der Waals surface area contributed by atoms with E-state index >= 15 is 0 Å². The van der Waals surface area contributed by atoms with Crippen LogP contribution in [0, 0.1) is 0 Å². The van der Waals surface area contributed by atoms with Gasteiger partial charge in [0.25, 0.3) is 0 Å². The van der Waals surface area contributed by atoms with Crippen molar-refractivity contribution >= 4 is 85.2 Å². The third kappa shape index (κ3) is 2.74. The van der Waals surface area contributed by atoms with Gasteiger partial charge >= 0.3 is 0 Å². The fourth-order valence-corrected chi connectivity index (χ4v) is 6.77. The molecule has 2 aromatic heterocycles. The quantitative estimate of drug-likeness (QED) is 0.287. The second-order valence-corrected chi connectivity index (χ2v) is 10.1. The minimum atomic E-state index is 1.13. The second-order valence-electron chi connectivity index (χ2n) is 7.94. The Morgan fingerprint density at radius 3 is 1.94 bits per heavy atom. The molecule has 31 heavy (non-hydrogen) atoms. The van der Waals surface area contributed by atoms with E-state index in [4.69, 9.17) is 0 Å². The summed E-state index contributed by atoms with van der Waals surface area (Å²) in [5.41, 5.74) is 2.25. The van der Waals surface area contributed by atoms with Gasteiger partial charge in [0.2, 0.25) is 0 Å². The van der Waals surface area contributed by atoms with E-state index in [1.54, 1.807) is 0 Å². The highest BCUT2D eigenvalue weighted by Crippen LogP contribution is 2.39. The summed E-state index contributed by atoms with van der Waals surface area (Å²) in [6.07, 6.45) is 0. The van der Waals surface area contributed by atoms with Gasteiger partial charge in [-0.2, -0.15) is 0 Å². The molecule has 7 rings (SSSR count). The maximum atomic E-state index is 3.64. The Balaban J connectivity index is 1.33. The molecule has 0 atom stereocenters. The van der Waals surface area contributed by atoms with Crippen LogP contribution in [0.25, 0.3) is 51.1 Å². The van der Waals surface area contributed by atoms with E-state index in [1.165, 1.54) is 51.1 Å². The normalized spacial score (nSPS) is 11.9. The highest BCUT2D eigenvalue weighted by Gasteiger charge is 2.09. The first-order valence-electron chi connectivity index (χ1n) is 10.4. The van der Waals surface area contributed by atoms with E-state index in [1.807, 2.05) is 22.7 Å². The summed E-state index contributed by atoms with van der Waals surface area (Å²) >= 11 is 3.72. The molecule has 0 spiro atoms. The first-order valence-corrected chi connectivity index (χ1v) is 12.0. The van der Waals surface area contributed by atoms with Gasteiger partial charge in [0.05, 0.1) is 0 Å². The average Bonchev–Trinajstić information content (AvgIpc) is 3.34. The van der Waals surface area contributed by atoms with Crippen molar-refractivity contribution in [2.24, 2.45) is 0 Å². The molecule has 0 radical (unpaired) electrons. The Labute approximate surface area is 187 Å². The largest absolute Gasteiger partial charge is 0.355 e. The summed E-state index contributed by atoms with van der Waals surface area (Å²) < 4.78 is 5.33. The van der Waals surface area contributed by atoms with Crippen LogP contribution in [0.2, 0.25) is 0 Å². The van der Waals surface area contributed by atoms with Crippen LogP contribution in [0.3, 0.4) is 0 Å². The molecule has 2 heterocycles. The molecule has 1 N–H and O–H groups in total. The van der Waals surface area contributed by atoms with Crippen molar-refractivity contribution in [2.45, 2.75) is 0 Å².